The normalized spacial score (nSPS) is 19.7. The van der Waals surface area contributed by atoms with E-state index in [-0.39, 0.29) is 10.8 Å². The fourth-order valence-corrected chi connectivity index (χ4v) is 11.1. The van der Waals surface area contributed by atoms with Crippen molar-refractivity contribution in [3.8, 4) is 0 Å². The highest BCUT2D eigenvalue weighted by atomic mass is 14.6. The van der Waals surface area contributed by atoms with Gasteiger partial charge in [0.2, 0.25) is 0 Å². The Morgan fingerprint density at radius 2 is 0.860 bits per heavy atom. The zero-order valence-corrected chi connectivity index (χ0v) is 28.6. The van der Waals surface area contributed by atoms with Crippen LogP contribution in [-0.2, 0) is 10.8 Å². The number of fused-ring (bicyclic) bond motifs is 5. The predicted octanol–water partition coefficient (Wildman–Crippen LogP) is 12.5. The molecule has 0 saturated carbocycles. The summed E-state index contributed by atoms with van der Waals surface area (Å²) in [7, 11) is 0. The first-order valence-electron chi connectivity index (χ1n) is 18.0. The van der Waals surface area contributed by atoms with Crippen LogP contribution >= 0.6 is 0 Å². The molecule has 1 unspecified atom stereocenters. The van der Waals surface area contributed by atoms with Gasteiger partial charge in [0.1, 0.15) is 0 Å². The number of benzene rings is 8. The third-order valence-corrected chi connectivity index (χ3v) is 12.7. The van der Waals surface area contributed by atoms with Crippen LogP contribution in [0.5, 0.6) is 0 Å². The number of hydrogen-bond acceptors (Lipinski definition) is 0. The molecule has 50 heavy (non-hydrogen) atoms. The van der Waals surface area contributed by atoms with Gasteiger partial charge in [-0.1, -0.05) is 178 Å². The number of allylic oxidation sites excluding steroid dienone is 4. The predicted molar refractivity (Wildman–Crippen MR) is 210 cm³/mol. The lowest BCUT2D eigenvalue weighted by atomic mass is 9.56. The van der Waals surface area contributed by atoms with Gasteiger partial charge in [-0.2, -0.15) is 0 Å². The molecule has 0 amide bonds. The van der Waals surface area contributed by atoms with Gasteiger partial charge in [-0.25, -0.2) is 0 Å². The van der Waals surface area contributed by atoms with Gasteiger partial charge in [0.15, 0.2) is 0 Å². The topological polar surface area (TPSA) is 0 Å². The summed E-state index contributed by atoms with van der Waals surface area (Å²) in [6.45, 7) is 7.58. The third kappa shape index (κ3) is 3.15. The van der Waals surface area contributed by atoms with Gasteiger partial charge in [-0.05, 0) is 100 Å². The standard InChI is InChI=1S/C50H36/c1-48(2)46-44(45-37-22-11-13-24-41(37)50(47(45)48,34-17-6-4-7-18-34)35-19-8-5-9-20-35)36-21-10-12-23-39(36)49(46,3)40-30-28-33-26-25-31-15-14-16-32-27-29-38(40)43(33)42(31)32/h4-30H,1-3H3. The van der Waals surface area contributed by atoms with Crippen molar-refractivity contribution >= 4 is 43.5 Å². The molecule has 8 aromatic carbocycles. The molecule has 0 spiro atoms. The average molecular weight is 637 g/mol. The van der Waals surface area contributed by atoms with Crippen molar-refractivity contribution in [1.82, 2.24) is 0 Å². The molecule has 0 heteroatoms. The van der Waals surface area contributed by atoms with Crippen LogP contribution in [0.15, 0.2) is 175 Å². The molecule has 0 heterocycles. The summed E-state index contributed by atoms with van der Waals surface area (Å²) >= 11 is 0. The minimum absolute atomic E-state index is 0.285. The molecule has 3 aliphatic carbocycles. The Bertz CT molecular complexity index is 2720. The first-order chi connectivity index (χ1) is 24.5. The molecule has 0 fully saturated rings. The van der Waals surface area contributed by atoms with E-state index in [1.54, 1.807) is 0 Å². The molecule has 0 nitrogen and oxygen atoms in total. The van der Waals surface area contributed by atoms with E-state index in [1.807, 2.05) is 0 Å². The van der Waals surface area contributed by atoms with Crippen LogP contribution in [-0.4, -0.2) is 0 Å². The Balaban J connectivity index is 1.28. The summed E-state index contributed by atoms with van der Waals surface area (Å²) in [5.41, 5.74) is 14.4. The molecule has 8 aromatic rings. The SMILES string of the molecule is CC1(C)C2=C(C3=C1C(c1ccccc1)(c1ccccc1)c1ccccc13)c1ccccc1C2(C)c1ccc2ccc3cccc4ccc1c2c34. The summed E-state index contributed by atoms with van der Waals surface area (Å²) < 4.78 is 0. The van der Waals surface area contributed by atoms with Gasteiger partial charge in [-0.3, -0.25) is 0 Å². The fourth-order valence-electron chi connectivity index (χ4n) is 11.1. The molecule has 3 aliphatic rings. The first-order valence-corrected chi connectivity index (χ1v) is 18.0. The van der Waals surface area contributed by atoms with Gasteiger partial charge >= 0.3 is 0 Å². The molecule has 0 radical (unpaired) electrons. The second kappa shape index (κ2) is 9.49. The zero-order chi connectivity index (χ0) is 33.4. The zero-order valence-electron chi connectivity index (χ0n) is 28.6. The largest absolute Gasteiger partial charge is 0.0685 e. The van der Waals surface area contributed by atoms with Crippen molar-refractivity contribution in [2.45, 2.75) is 31.6 Å². The smallest absolute Gasteiger partial charge is 0.0622 e. The van der Waals surface area contributed by atoms with Gasteiger partial charge in [0.25, 0.3) is 0 Å². The summed E-state index contributed by atoms with van der Waals surface area (Å²) in [6.07, 6.45) is 0. The Morgan fingerprint density at radius 1 is 0.360 bits per heavy atom. The summed E-state index contributed by atoms with van der Waals surface area (Å²) in [6, 6.07) is 62.0. The molecular weight excluding hydrogens is 601 g/mol. The Morgan fingerprint density at radius 3 is 1.52 bits per heavy atom. The lowest BCUT2D eigenvalue weighted by Crippen LogP contribution is -2.40. The molecule has 11 rings (SSSR count). The van der Waals surface area contributed by atoms with Crippen molar-refractivity contribution < 1.29 is 0 Å². The van der Waals surface area contributed by atoms with E-state index in [4.69, 9.17) is 0 Å². The van der Waals surface area contributed by atoms with E-state index in [0.29, 0.717) is 0 Å². The molecule has 0 N–H and O–H groups in total. The van der Waals surface area contributed by atoms with Gasteiger partial charge < -0.3 is 0 Å². The molecule has 0 aliphatic heterocycles. The molecule has 236 valence electrons. The lowest BCUT2D eigenvalue weighted by molar-refractivity contribution is 0.434. The van der Waals surface area contributed by atoms with Crippen molar-refractivity contribution in [1.29, 1.82) is 0 Å². The second-order valence-corrected chi connectivity index (χ2v) is 15.3. The summed E-state index contributed by atoms with van der Waals surface area (Å²) in [5.74, 6) is 0. The minimum atomic E-state index is -0.430. The maximum atomic E-state index is 2.53. The van der Waals surface area contributed by atoms with Crippen LogP contribution in [0.2, 0.25) is 0 Å². The molecule has 0 bridgehead atoms. The van der Waals surface area contributed by atoms with Gasteiger partial charge in [0, 0.05) is 10.8 Å². The maximum absolute atomic E-state index is 2.53. The number of hydrogen-bond donors (Lipinski definition) is 0. The average Bonchev–Trinajstić information content (AvgIpc) is 3.73. The monoisotopic (exact) mass is 636 g/mol. The van der Waals surface area contributed by atoms with Crippen molar-refractivity contribution in [3.05, 3.63) is 214 Å². The molecular formula is C50H36. The van der Waals surface area contributed by atoms with E-state index in [2.05, 4.69) is 185 Å². The Hall–Kier alpha value is -5.72. The molecule has 1 atom stereocenters. The van der Waals surface area contributed by atoms with Crippen LogP contribution in [0, 0.1) is 5.41 Å². The highest BCUT2D eigenvalue weighted by Crippen LogP contribution is 2.73. The van der Waals surface area contributed by atoms with E-state index in [9.17, 15) is 0 Å². The van der Waals surface area contributed by atoms with Crippen LogP contribution in [0.4, 0.5) is 0 Å². The molecule has 0 aromatic heterocycles. The maximum Gasteiger partial charge on any atom is 0.0685 e. The van der Waals surface area contributed by atoms with Crippen LogP contribution in [0.3, 0.4) is 0 Å². The Kier molecular flexibility index (Phi) is 5.34. The van der Waals surface area contributed by atoms with E-state index in [0.717, 1.165) is 0 Å². The second-order valence-electron chi connectivity index (χ2n) is 15.3. The van der Waals surface area contributed by atoms with Crippen LogP contribution in [0.25, 0.3) is 43.5 Å². The van der Waals surface area contributed by atoms with Crippen molar-refractivity contribution in [3.63, 3.8) is 0 Å². The lowest BCUT2D eigenvalue weighted by Gasteiger charge is -2.46. The highest BCUT2D eigenvalue weighted by Gasteiger charge is 2.62. The minimum Gasteiger partial charge on any atom is -0.0622 e. The van der Waals surface area contributed by atoms with Gasteiger partial charge in [0.05, 0.1) is 5.41 Å². The molecule has 0 saturated heterocycles. The van der Waals surface area contributed by atoms with E-state index >= 15 is 0 Å². The number of rotatable bonds is 3. The van der Waals surface area contributed by atoms with Crippen molar-refractivity contribution in [2.75, 3.05) is 0 Å². The van der Waals surface area contributed by atoms with E-state index in [1.165, 1.54) is 93.6 Å². The van der Waals surface area contributed by atoms with Gasteiger partial charge in [-0.15, -0.1) is 0 Å². The Labute approximate surface area is 293 Å². The van der Waals surface area contributed by atoms with Crippen LogP contribution in [0.1, 0.15) is 59.7 Å². The fraction of sp³-hybridized carbons (Fsp3) is 0.120. The van der Waals surface area contributed by atoms with Crippen LogP contribution < -0.4 is 0 Å². The first kappa shape index (κ1) is 28.2. The van der Waals surface area contributed by atoms with E-state index < -0.39 is 5.41 Å². The highest BCUT2D eigenvalue weighted by molar-refractivity contribution is 6.24. The third-order valence-electron chi connectivity index (χ3n) is 12.7. The quantitative estimate of drug-likeness (QED) is 0.169. The summed E-state index contributed by atoms with van der Waals surface area (Å²) in [5, 5.41) is 8.05. The summed E-state index contributed by atoms with van der Waals surface area (Å²) in [4.78, 5) is 0. The van der Waals surface area contributed by atoms with Crippen molar-refractivity contribution in [2.24, 2.45) is 5.41 Å².